The van der Waals surface area contributed by atoms with Crippen molar-refractivity contribution in [3.05, 3.63) is 245 Å². The molecule has 0 saturated heterocycles. The van der Waals surface area contributed by atoms with Crippen LogP contribution in [0.4, 0.5) is 17.1 Å². The van der Waals surface area contributed by atoms with Gasteiger partial charge in [-0.25, -0.2) is 0 Å². The average Bonchev–Trinajstić information content (AvgIpc) is 3.90. The molecule has 1 saturated carbocycles. The smallest absolute Gasteiger partial charge is 0.143 e. The molecule has 2 aliphatic rings. The highest BCUT2D eigenvalue weighted by Gasteiger charge is 2.25. The van der Waals surface area contributed by atoms with E-state index in [2.05, 4.69) is 227 Å². The monoisotopic (exact) mass is 1040 g/mol. The van der Waals surface area contributed by atoms with E-state index in [1.807, 2.05) is 40.2 Å². The summed E-state index contributed by atoms with van der Waals surface area (Å²) in [6.45, 7) is 31.2. The molecule has 0 amide bonds. The molecule has 1 fully saturated rings. The summed E-state index contributed by atoms with van der Waals surface area (Å²) >= 11 is 0. The Labute approximate surface area is 468 Å². The molecule has 0 bridgehead atoms. The topological polar surface area (TPSA) is 37.0 Å². The summed E-state index contributed by atoms with van der Waals surface area (Å²) in [6.07, 6.45) is 30.5. The SMILES string of the molecule is C=C/C=C(C1=CC(C(CC)NC)=CCC=C1)\C(=C\N(/C=c1\ccc2c(C(C)C)cc(N(C(=C)/C=C\C=C(/C)c3cccc(C4CCCC4)c3OC)c3ccccc3)c3ccc(C(=C)C(C)C)c1c23)c1ccccc1)OC.CC. The first kappa shape index (κ1) is 58.1. The molecule has 6 aromatic carbocycles. The molecule has 0 heterocycles. The average molecular weight is 1040 g/mol. The van der Waals surface area contributed by atoms with Crippen molar-refractivity contribution in [2.45, 2.75) is 112 Å². The van der Waals surface area contributed by atoms with E-state index < -0.39 is 0 Å². The number of para-hydroxylation sites is 3. The fourth-order valence-electron chi connectivity index (χ4n) is 11.2. The van der Waals surface area contributed by atoms with Crippen molar-refractivity contribution in [1.29, 1.82) is 0 Å². The zero-order chi connectivity index (χ0) is 55.9. The number of benzene rings is 6. The lowest BCUT2D eigenvalue weighted by molar-refractivity contribution is 0.301. The highest BCUT2D eigenvalue weighted by atomic mass is 16.5. The summed E-state index contributed by atoms with van der Waals surface area (Å²) in [5.74, 6) is 2.67. The van der Waals surface area contributed by atoms with Crippen LogP contribution in [-0.4, -0.2) is 27.3 Å². The number of hydrogen-bond donors (Lipinski definition) is 1. The number of rotatable bonds is 21. The van der Waals surface area contributed by atoms with Crippen LogP contribution < -0.4 is 25.1 Å². The van der Waals surface area contributed by atoms with E-state index in [4.69, 9.17) is 22.6 Å². The Morgan fingerprint density at radius 1 is 0.808 bits per heavy atom. The van der Waals surface area contributed by atoms with Gasteiger partial charge in [0.25, 0.3) is 0 Å². The Morgan fingerprint density at radius 3 is 2.13 bits per heavy atom. The van der Waals surface area contributed by atoms with Crippen LogP contribution in [0.25, 0.3) is 38.9 Å². The molecule has 78 heavy (non-hydrogen) atoms. The van der Waals surface area contributed by atoms with Crippen molar-refractivity contribution < 1.29 is 9.47 Å². The minimum atomic E-state index is 0.205. The van der Waals surface area contributed by atoms with E-state index in [-0.39, 0.29) is 17.9 Å². The van der Waals surface area contributed by atoms with Crippen LogP contribution in [0.3, 0.4) is 0 Å². The molecular weight excluding hydrogens is 951 g/mol. The van der Waals surface area contributed by atoms with Crippen LogP contribution in [0, 0.1) is 5.92 Å². The van der Waals surface area contributed by atoms with Crippen LogP contribution in [-0.2, 0) is 4.74 Å². The van der Waals surface area contributed by atoms with Crippen LogP contribution in [0.15, 0.2) is 218 Å². The molecule has 8 rings (SSSR count). The van der Waals surface area contributed by atoms with Crippen LogP contribution in [0.2, 0.25) is 0 Å². The Bertz CT molecular complexity index is 3350. The maximum atomic E-state index is 6.41. The van der Waals surface area contributed by atoms with E-state index in [0.717, 1.165) is 90.8 Å². The Morgan fingerprint density at radius 2 is 1.50 bits per heavy atom. The second kappa shape index (κ2) is 27.6. The number of anilines is 3. The second-order valence-electron chi connectivity index (χ2n) is 20.8. The van der Waals surface area contributed by atoms with Crippen molar-refractivity contribution in [2.75, 3.05) is 31.1 Å². The third kappa shape index (κ3) is 12.9. The van der Waals surface area contributed by atoms with E-state index in [0.29, 0.717) is 11.7 Å². The van der Waals surface area contributed by atoms with E-state index in [1.165, 1.54) is 53.2 Å². The van der Waals surface area contributed by atoms with Gasteiger partial charge in [0.2, 0.25) is 0 Å². The van der Waals surface area contributed by atoms with Gasteiger partial charge in [0.05, 0.1) is 26.1 Å². The summed E-state index contributed by atoms with van der Waals surface area (Å²) in [6, 6.07) is 39.6. The molecule has 6 aromatic rings. The van der Waals surface area contributed by atoms with Gasteiger partial charge in [-0.2, -0.15) is 0 Å². The molecule has 1 N–H and O–H groups in total. The van der Waals surface area contributed by atoms with Gasteiger partial charge in [-0.15, -0.1) is 0 Å². The van der Waals surface area contributed by atoms with Gasteiger partial charge >= 0.3 is 0 Å². The lowest BCUT2D eigenvalue weighted by Gasteiger charge is -2.30. The highest BCUT2D eigenvalue weighted by molar-refractivity contribution is 6.19. The van der Waals surface area contributed by atoms with E-state index >= 15 is 0 Å². The summed E-state index contributed by atoms with van der Waals surface area (Å²) in [5.41, 5.74) is 14.3. The van der Waals surface area contributed by atoms with Gasteiger partial charge < -0.3 is 24.6 Å². The Hall–Kier alpha value is -7.60. The minimum absolute atomic E-state index is 0.205. The first-order valence-electron chi connectivity index (χ1n) is 28.4. The van der Waals surface area contributed by atoms with Gasteiger partial charge in [-0.05, 0) is 160 Å². The number of nitrogens with zero attached hydrogens (tertiary/aromatic N) is 2. The molecule has 1 atom stereocenters. The Balaban J connectivity index is 0.00000436. The van der Waals surface area contributed by atoms with Crippen molar-refractivity contribution in [3.63, 3.8) is 0 Å². The quantitative estimate of drug-likeness (QED) is 0.0574. The minimum Gasteiger partial charge on any atom is -0.496 e. The van der Waals surface area contributed by atoms with Crippen molar-refractivity contribution in [2.24, 2.45) is 5.92 Å². The third-order valence-corrected chi connectivity index (χ3v) is 15.3. The number of methoxy groups -OCH3 is 2. The normalized spacial score (nSPS) is 15.1. The van der Waals surface area contributed by atoms with Gasteiger partial charge in [0, 0.05) is 45.8 Å². The van der Waals surface area contributed by atoms with Gasteiger partial charge in [-0.1, -0.05) is 202 Å². The molecule has 0 radical (unpaired) electrons. The number of hydrogen-bond acceptors (Lipinski definition) is 5. The van der Waals surface area contributed by atoms with Crippen molar-refractivity contribution in [1.82, 2.24) is 5.32 Å². The molecule has 5 nitrogen and oxygen atoms in total. The van der Waals surface area contributed by atoms with E-state index in [9.17, 15) is 0 Å². The maximum absolute atomic E-state index is 6.41. The second-order valence-corrected chi connectivity index (χ2v) is 20.8. The van der Waals surface area contributed by atoms with Crippen molar-refractivity contribution >= 4 is 56.0 Å². The van der Waals surface area contributed by atoms with Crippen LogP contribution in [0.5, 0.6) is 5.75 Å². The number of allylic oxidation sites excluding steroid dienone is 11. The zero-order valence-electron chi connectivity index (χ0n) is 48.6. The molecule has 1 unspecified atom stereocenters. The number of nitrogens with one attached hydrogen (secondary N) is 1. The standard InChI is InChI=1S/C71H79N3O2.C2H6/c1-13-27-61(54-32-23-24-33-55(44-54)66(14-2)72-10)68(75-11)47-73(57-34-17-15-18-35-57)46-56-40-41-63-65(49(5)6)45-67(64-43-42-60(52(9)48(3)4)69(56)70(63)64)74(58-36-19-16-20-37-58)51(8)29-25-28-50(7)59-38-26-39-62(71(59)76-12)53-30-21-22-31-53;1-2/h13,15-20,23,25-29,32-49,53,66,72H,1,8-9,14,21-22,24,30-31H2,2-7,10-12H3;1-2H3/b29-25-,50-28+,56-46+,61-27-,68-47-;. The summed E-state index contributed by atoms with van der Waals surface area (Å²) in [7, 11) is 5.59. The predicted octanol–water partition coefficient (Wildman–Crippen LogP) is 19.2. The molecular formula is C73H85N3O2. The maximum Gasteiger partial charge on any atom is 0.143 e. The van der Waals surface area contributed by atoms with Gasteiger partial charge in [0.1, 0.15) is 11.5 Å². The summed E-state index contributed by atoms with van der Waals surface area (Å²) < 4.78 is 12.5. The van der Waals surface area contributed by atoms with Crippen molar-refractivity contribution in [3.8, 4) is 5.75 Å². The Kier molecular flexibility index (Phi) is 20.6. The first-order chi connectivity index (χ1) is 37.9. The van der Waals surface area contributed by atoms with Gasteiger partial charge in [-0.3, -0.25) is 0 Å². The third-order valence-electron chi connectivity index (χ3n) is 15.3. The predicted molar refractivity (Wildman–Crippen MR) is 341 cm³/mol. The molecule has 404 valence electrons. The van der Waals surface area contributed by atoms with Gasteiger partial charge in [0.15, 0.2) is 0 Å². The molecule has 5 heteroatoms. The van der Waals surface area contributed by atoms with Crippen LogP contribution in [0.1, 0.15) is 128 Å². The number of ether oxygens (including phenoxy) is 2. The molecule has 0 aromatic heterocycles. The summed E-state index contributed by atoms with van der Waals surface area (Å²) in [5, 5.41) is 9.26. The lowest BCUT2D eigenvalue weighted by Crippen LogP contribution is -2.25. The fourth-order valence-corrected chi connectivity index (χ4v) is 11.2. The highest BCUT2D eigenvalue weighted by Crippen LogP contribution is 2.45. The summed E-state index contributed by atoms with van der Waals surface area (Å²) in [4.78, 5) is 4.52. The number of likely N-dealkylation sites (N-methyl/N-ethyl adjacent to an activating group) is 1. The molecule has 0 spiro atoms. The van der Waals surface area contributed by atoms with Crippen LogP contribution >= 0.6 is 0 Å². The fraction of sp³-hybridized carbons (Fsp3) is 0.288. The first-order valence-corrected chi connectivity index (χ1v) is 28.4. The van der Waals surface area contributed by atoms with E-state index in [1.54, 1.807) is 7.11 Å². The lowest BCUT2D eigenvalue weighted by atomic mass is 9.85. The largest absolute Gasteiger partial charge is 0.496 e. The molecule has 0 aliphatic heterocycles. The molecule has 2 aliphatic carbocycles. The zero-order valence-corrected chi connectivity index (χ0v) is 48.6.